The molecule has 2 amide bonds. The molecule has 0 saturated heterocycles. The summed E-state index contributed by atoms with van der Waals surface area (Å²) in [7, 11) is 1.96. The third-order valence-corrected chi connectivity index (χ3v) is 13.5. The van der Waals surface area contributed by atoms with E-state index in [1.54, 1.807) is 29.8 Å². The molecule has 6 aromatic rings. The molecule has 380 valence electrons. The van der Waals surface area contributed by atoms with Gasteiger partial charge < -0.3 is 44.2 Å². The van der Waals surface area contributed by atoms with E-state index < -0.39 is 58.2 Å². The van der Waals surface area contributed by atoms with Gasteiger partial charge in [-0.2, -0.15) is 36.5 Å². The number of ether oxygens (including phenoxy) is 3. The highest BCUT2D eigenvalue weighted by atomic mass is 28.3. The Morgan fingerprint density at radius 1 is 0.729 bits per heavy atom. The summed E-state index contributed by atoms with van der Waals surface area (Å²) < 4.78 is 96.8. The second-order valence-electron chi connectivity index (χ2n) is 18.1. The van der Waals surface area contributed by atoms with Crippen LogP contribution in [0.15, 0.2) is 37.2 Å². The number of hydrogen-bond acceptors (Lipinski definition) is 13. The zero-order valence-electron chi connectivity index (χ0n) is 39.7. The second kappa shape index (κ2) is 22.3. The SMILES string of the molecule is COCCn1nc(C(=O)NCCC(F)(F)F)c2c1CCN(c1ncnc3[nH]ccc13)C2.COCCn1nc(C(=O)NCCC(F)(F)F)c2c1CCN(c1ncnc3c1ccn3COCC[Si](C)(C)C)C2. The molecular weight excluding hydrogens is 947 g/mol. The molecule has 0 bridgehead atoms. The van der Waals surface area contributed by atoms with Crippen LogP contribution in [0.25, 0.3) is 22.1 Å². The van der Waals surface area contributed by atoms with Crippen LogP contribution in [0.4, 0.5) is 38.0 Å². The van der Waals surface area contributed by atoms with Crippen LogP contribution in [0.1, 0.15) is 56.3 Å². The molecule has 26 heteroatoms. The van der Waals surface area contributed by atoms with Crippen LogP contribution < -0.4 is 20.4 Å². The standard InChI is InChI=1S/C25H36F3N7O3Si.C19H22F3N7O2/c1-37-12-11-35-20-6-10-33(15-19(20)21(32-35)24(36)29-8-7-25(26,27)28)22-18-5-9-34(23(18)31-16-30-22)17-38-13-14-39(2,3)4;1-31-9-8-29-14-3-7-28(17-12-2-5-23-16(12)25-11-26-17)10-13(14)15(27-29)18(30)24-6-4-19(20,21)22/h5,9,16H,6-8,10-15,17H2,1-4H3,(H,29,36);2,5,11H,3-4,6-10H2,1H3,(H,24,30)(H,23,25,26). The van der Waals surface area contributed by atoms with Crippen LogP contribution in [0, 0.1) is 0 Å². The highest BCUT2D eigenvalue weighted by Gasteiger charge is 2.33. The van der Waals surface area contributed by atoms with Gasteiger partial charge in [-0.15, -0.1) is 0 Å². The van der Waals surface area contributed by atoms with Gasteiger partial charge in [0.05, 0.1) is 49.9 Å². The smallest absolute Gasteiger partial charge is 0.383 e. The normalized spacial score (nSPS) is 14.2. The van der Waals surface area contributed by atoms with E-state index in [9.17, 15) is 35.9 Å². The number of methoxy groups -OCH3 is 2. The van der Waals surface area contributed by atoms with Crippen molar-refractivity contribution >= 4 is 53.6 Å². The van der Waals surface area contributed by atoms with E-state index in [2.05, 4.69) is 70.3 Å². The number of nitrogens with one attached hydrogen (secondary N) is 3. The summed E-state index contributed by atoms with van der Waals surface area (Å²) in [6.45, 7) is 10.7. The minimum atomic E-state index is -4.35. The molecular formula is C44H58F6N14O5Si. The van der Waals surface area contributed by atoms with Crippen molar-refractivity contribution in [3.8, 4) is 0 Å². The molecule has 0 fully saturated rings. The fourth-order valence-corrected chi connectivity index (χ4v) is 8.99. The van der Waals surface area contributed by atoms with Crippen molar-refractivity contribution in [1.82, 2.24) is 59.7 Å². The number of amides is 2. The number of rotatable bonds is 19. The van der Waals surface area contributed by atoms with E-state index >= 15 is 0 Å². The first kappa shape index (κ1) is 51.7. The highest BCUT2D eigenvalue weighted by molar-refractivity contribution is 6.76. The average molecular weight is 1010 g/mol. The van der Waals surface area contributed by atoms with Gasteiger partial charge in [0.15, 0.2) is 11.4 Å². The molecule has 2 aliphatic rings. The first-order chi connectivity index (χ1) is 33.3. The molecule has 8 rings (SSSR count). The van der Waals surface area contributed by atoms with Gasteiger partial charge in [0.25, 0.3) is 11.8 Å². The molecule has 6 aromatic heterocycles. The zero-order chi connectivity index (χ0) is 50.2. The molecule has 0 aliphatic carbocycles. The predicted octanol–water partition coefficient (Wildman–Crippen LogP) is 5.88. The van der Waals surface area contributed by atoms with Gasteiger partial charge in [0.1, 0.15) is 42.3 Å². The molecule has 3 N–H and O–H groups in total. The summed E-state index contributed by atoms with van der Waals surface area (Å²) >= 11 is 0. The van der Waals surface area contributed by atoms with E-state index in [1.807, 2.05) is 27.8 Å². The number of hydrogen-bond donors (Lipinski definition) is 3. The van der Waals surface area contributed by atoms with E-state index in [4.69, 9.17) is 14.2 Å². The Hall–Kier alpha value is -6.12. The summed E-state index contributed by atoms with van der Waals surface area (Å²) in [6, 6.07) is 4.91. The molecule has 8 heterocycles. The van der Waals surface area contributed by atoms with E-state index in [-0.39, 0.29) is 11.4 Å². The van der Waals surface area contributed by atoms with Gasteiger partial charge in [0, 0.05) is 116 Å². The topological polar surface area (TPSA) is 200 Å². The summed E-state index contributed by atoms with van der Waals surface area (Å²) in [5.41, 5.74) is 4.86. The maximum Gasteiger partial charge on any atom is 0.390 e. The number of H-pyrrole nitrogens is 1. The zero-order valence-corrected chi connectivity index (χ0v) is 40.7. The summed E-state index contributed by atoms with van der Waals surface area (Å²) in [5, 5.41) is 15.3. The Bertz CT molecular complexity index is 2730. The highest BCUT2D eigenvalue weighted by Crippen LogP contribution is 2.32. The van der Waals surface area contributed by atoms with Crippen molar-refractivity contribution in [3.63, 3.8) is 0 Å². The Balaban J connectivity index is 0.000000212. The Morgan fingerprint density at radius 3 is 1.77 bits per heavy atom. The van der Waals surface area contributed by atoms with Crippen LogP contribution in [-0.4, -0.2) is 142 Å². The van der Waals surface area contributed by atoms with Crippen LogP contribution in [0.2, 0.25) is 25.7 Å². The Kier molecular flexibility index (Phi) is 16.5. The Labute approximate surface area is 400 Å². The van der Waals surface area contributed by atoms with Crippen molar-refractivity contribution in [1.29, 1.82) is 0 Å². The van der Waals surface area contributed by atoms with Gasteiger partial charge in [-0.25, -0.2) is 19.9 Å². The number of aromatic amines is 1. The van der Waals surface area contributed by atoms with Crippen molar-refractivity contribution in [2.45, 2.75) is 96.6 Å². The van der Waals surface area contributed by atoms with Crippen molar-refractivity contribution in [3.05, 3.63) is 71.1 Å². The third kappa shape index (κ3) is 13.0. The molecule has 70 heavy (non-hydrogen) atoms. The molecule has 0 radical (unpaired) electrons. The molecule has 2 aliphatic heterocycles. The molecule has 0 saturated carbocycles. The van der Waals surface area contributed by atoms with Crippen molar-refractivity contribution in [2.24, 2.45) is 0 Å². The first-order valence-electron chi connectivity index (χ1n) is 22.8. The first-order valence-corrected chi connectivity index (χ1v) is 26.5. The fraction of sp³-hybridized carbons (Fsp3) is 0.545. The van der Waals surface area contributed by atoms with Gasteiger partial charge >= 0.3 is 12.4 Å². The molecule has 0 aromatic carbocycles. The fourth-order valence-electron chi connectivity index (χ4n) is 8.23. The van der Waals surface area contributed by atoms with E-state index in [1.165, 1.54) is 12.7 Å². The Morgan fingerprint density at radius 2 is 1.26 bits per heavy atom. The maximum atomic E-state index is 12.9. The molecule has 0 atom stereocenters. The lowest BCUT2D eigenvalue weighted by molar-refractivity contribution is -0.134. The second-order valence-corrected chi connectivity index (χ2v) is 23.7. The average Bonchev–Trinajstić information content (AvgIpc) is 4.12. The van der Waals surface area contributed by atoms with E-state index in [0.29, 0.717) is 95.4 Å². The number of alkyl halides is 6. The van der Waals surface area contributed by atoms with Crippen LogP contribution in [0.3, 0.4) is 0 Å². The minimum Gasteiger partial charge on any atom is -0.383 e. The number of carbonyl (C=O) groups is 2. The molecule has 0 unspecified atom stereocenters. The largest absolute Gasteiger partial charge is 0.390 e. The number of aromatic nitrogens is 10. The van der Waals surface area contributed by atoms with Gasteiger partial charge in [-0.3, -0.25) is 19.0 Å². The predicted molar refractivity (Wildman–Crippen MR) is 249 cm³/mol. The number of anilines is 2. The quantitative estimate of drug-likeness (QED) is 0.0495. The minimum absolute atomic E-state index is 0.131. The van der Waals surface area contributed by atoms with Crippen LogP contribution in [-0.2, 0) is 60.0 Å². The monoisotopic (exact) mass is 1000 g/mol. The number of carbonyl (C=O) groups excluding carboxylic acids is 2. The van der Waals surface area contributed by atoms with E-state index in [0.717, 1.165) is 45.5 Å². The number of fused-ring (bicyclic) bond motifs is 4. The van der Waals surface area contributed by atoms with Crippen molar-refractivity contribution < 1.29 is 50.1 Å². The van der Waals surface area contributed by atoms with Crippen LogP contribution in [0.5, 0.6) is 0 Å². The van der Waals surface area contributed by atoms with Gasteiger partial charge in [0.2, 0.25) is 0 Å². The maximum absolute atomic E-state index is 12.9. The lowest BCUT2D eigenvalue weighted by Gasteiger charge is -2.29. The molecule has 19 nitrogen and oxygen atoms in total. The third-order valence-electron chi connectivity index (χ3n) is 11.8. The summed E-state index contributed by atoms with van der Waals surface area (Å²) in [4.78, 5) is 50.3. The number of halogens is 6. The van der Waals surface area contributed by atoms with Crippen molar-refractivity contribution in [2.75, 3.05) is 70.0 Å². The summed E-state index contributed by atoms with van der Waals surface area (Å²) in [6.07, 6.45) is -3.00. The lowest BCUT2D eigenvalue weighted by Crippen LogP contribution is -2.34. The van der Waals surface area contributed by atoms with Gasteiger partial charge in [-0.1, -0.05) is 19.6 Å². The number of nitrogens with zero attached hydrogens (tertiary/aromatic N) is 11. The summed E-state index contributed by atoms with van der Waals surface area (Å²) in [5.74, 6) is 0.209. The lowest BCUT2D eigenvalue weighted by atomic mass is 10.0. The van der Waals surface area contributed by atoms with Gasteiger partial charge in [-0.05, 0) is 18.2 Å². The molecule has 0 spiro atoms. The van der Waals surface area contributed by atoms with Crippen LogP contribution >= 0.6 is 0 Å².